The summed E-state index contributed by atoms with van der Waals surface area (Å²) in [6.07, 6.45) is 1.44. The Balaban J connectivity index is 1.66. The van der Waals surface area contributed by atoms with E-state index in [0.29, 0.717) is 31.8 Å². The predicted octanol–water partition coefficient (Wildman–Crippen LogP) is 3.78. The summed E-state index contributed by atoms with van der Waals surface area (Å²) in [6, 6.07) is 7.70. The molecule has 1 saturated heterocycles. The van der Waals surface area contributed by atoms with Crippen LogP contribution in [0.15, 0.2) is 29.6 Å². The molecule has 1 aliphatic rings. The molecular weight excluding hydrogens is 364 g/mol. The maximum atomic E-state index is 12.7. The molecule has 1 aliphatic heterocycles. The molecule has 0 aliphatic carbocycles. The van der Waals surface area contributed by atoms with Crippen LogP contribution in [0.1, 0.15) is 37.2 Å². The molecule has 0 radical (unpaired) electrons. The lowest BCUT2D eigenvalue weighted by molar-refractivity contribution is -0.145. The van der Waals surface area contributed by atoms with E-state index in [-0.39, 0.29) is 17.7 Å². The number of aliphatic carboxylic acids is 1. The predicted molar refractivity (Wildman–Crippen MR) is 104 cm³/mol. The molecular formula is C20H24N2O4S. The third-order valence-corrected chi connectivity index (χ3v) is 5.70. The third-order valence-electron chi connectivity index (χ3n) is 4.81. The number of nitrogens with zero attached hydrogens (tertiary/aromatic N) is 2. The highest BCUT2D eigenvalue weighted by Crippen LogP contribution is 2.28. The van der Waals surface area contributed by atoms with Crippen molar-refractivity contribution >= 4 is 23.2 Å². The molecule has 1 fully saturated rings. The van der Waals surface area contributed by atoms with E-state index in [1.807, 2.05) is 31.2 Å². The molecule has 1 N–H and O–H groups in total. The minimum Gasteiger partial charge on any atom is -0.494 e. The Morgan fingerprint density at radius 1 is 1.33 bits per heavy atom. The highest BCUT2D eigenvalue weighted by molar-refractivity contribution is 7.13. The van der Waals surface area contributed by atoms with E-state index in [4.69, 9.17) is 4.74 Å². The van der Waals surface area contributed by atoms with Crippen molar-refractivity contribution in [3.8, 4) is 16.3 Å². The van der Waals surface area contributed by atoms with Crippen molar-refractivity contribution in [1.29, 1.82) is 0 Å². The zero-order valence-corrected chi connectivity index (χ0v) is 16.4. The first-order chi connectivity index (χ1) is 13.0. The molecule has 3 rings (SSSR count). The summed E-state index contributed by atoms with van der Waals surface area (Å²) in [7, 11) is 0. The van der Waals surface area contributed by atoms with E-state index in [1.165, 1.54) is 11.3 Å². The minimum absolute atomic E-state index is 0.0611. The summed E-state index contributed by atoms with van der Waals surface area (Å²) in [5.41, 5.74) is 1.36. The molecule has 2 unspecified atom stereocenters. The average molecular weight is 388 g/mol. The zero-order chi connectivity index (χ0) is 19.4. The van der Waals surface area contributed by atoms with Crippen LogP contribution >= 0.6 is 11.3 Å². The van der Waals surface area contributed by atoms with Crippen LogP contribution in [0.25, 0.3) is 10.6 Å². The lowest BCUT2D eigenvalue weighted by Gasteiger charge is -2.34. The number of carboxylic acids is 1. The Bertz CT molecular complexity index is 803. The van der Waals surface area contributed by atoms with Crippen molar-refractivity contribution in [2.45, 2.75) is 26.7 Å². The highest BCUT2D eigenvalue weighted by Gasteiger charge is 2.33. The molecule has 2 aromatic rings. The second-order valence-corrected chi connectivity index (χ2v) is 7.73. The van der Waals surface area contributed by atoms with Gasteiger partial charge in [-0.05, 0) is 43.0 Å². The molecule has 0 spiro atoms. The number of hydrogen-bond donors (Lipinski definition) is 1. The van der Waals surface area contributed by atoms with E-state index in [9.17, 15) is 14.7 Å². The maximum absolute atomic E-state index is 12.7. The summed E-state index contributed by atoms with van der Waals surface area (Å²) < 4.78 is 5.58. The number of rotatable bonds is 6. The molecule has 1 aromatic carbocycles. The summed E-state index contributed by atoms with van der Waals surface area (Å²) in [5, 5.41) is 11.8. The second kappa shape index (κ2) is 8.52. The van der Waals surface area contributed by atoms with Crippen LogP contribution < -0.4 is 4.74 Å². The number of amides is 1. The summed E-state index contributed by atoms with van der Waals surface area (Å²) >= 11 is 1.43. The summed E-state index contributed by atoms with van der Waals surface area (Å²) in [4.78, 5) is 30.2. The Hall–Kier alpha value is -2.41. The Morgan fingerprint density at radius 2 is 2.07 bits per heavy atom. The largest absolute Gasteiger partial charge is 0.494 e. The number of ether oxygens (including phenoxy) is 1. The van der Waals surface area contributed by atoms with Gasteiger partial charge in [-0.25, -0.2) is 4.98 Å². The SMILES string of the molecule is CCCOc1ccc(-c2nc(C(=O)N3CCC(C(=O)O)C(C)C3)cs2)cc1. The number of hydrogen-bond acceptors (Lipinski definition) is 5. The van der Waals surface area contributed by atoms with Gasteiger partial charge in [-0.3, -0.25) is 9.59 Å². The van der Waals surface area contributed by atoms with Gasteiger partial charge in [-0.1, -0.05) is 13.8 Å². The standard InChI is InChI=1S/C20H24N2O4S/c1-3-10-26-15-6-4-14(5-7-15)18-21-17(12-27-18)19(23)22-9-8-16(20(24)25)13(2)11-22/h4-7,12-13,16H,3,8-11H2,1-2H3,(H,24,25). The van der Waals surface area contributed by atoms with Gasteiger partial charge in [0.1, 0.15) is 16.5 Å². The fraction of sp³-hybridized carbons (Fsp3) is 0.450. The summed E-state index contributed by atoms with van der Waals surface area (Å²) in [5.74, 6) is -0.529. The Morgan fingerprint density at radius 3 is 2.70 bits per heavy atom. The Kier molecular flexibility index (Phi) is 6.11. The van der Waals surface area contributed by atoms with Gasteiger partial charge >= 0.3 is 5.97 Å². The number of carboxylic acid groups (broad SMARTS) is 1. The van der Waals surface area contributed by atoms with E-state index in [1.54, 1.807) is 10.3 Å². The number of benzene rings is 1. The lowest BCUT2D eigenvalue weighted by atomic mass is 9.87. The van der Waals surface area contributed by atoms with E-state index in [0.717, 1.165) is 22.7 Å². The van der Waals surface area contributed by atoms with Crippen LogP contribution in [0.3, 0.4) is 0 Å². The van der Waals surface area contributed by atoms with Gasteiger partial charge in [0.05, 0.1) is 12.5 Å². The molecule has 27 heavy (non-hydrogen) atoms. The molecule has 1 aromatic heterocycles. The molecule has 0 bridgehead atoms. The first kappa shape index (κ1) is 19.4. The fourth-order valence-electron chi connectivity index (χ4n) is 3.28. The number of carbonyl (C=O) groups is 2. The van der Waals surface area contributed by atoms with Gasteiger partial charge in [0.25, 0.3) is 5.91 Å². The van der Waals surface area contributed by atoms with Crippen LogP contribution in [0.5, 0.6) is 5.75 Å². The molecule has 1 amide bonds. The second-order valence-electron chi connectivity index (χ2n) is 6.87. The van der Waals surface area contributed by atoms with E-state index in [2.05, 4.69) is 11.9 Å². The molecule has 6 nitrogen and oxygen atoms in total. The van der Waals surface area contributed by atoms with Crippen LogP contribution in [-0.2, 0) is 4.79 Å². The topological polar surface area (TPSA) is 79.7 Å². The van der Waals surface area contributed by atoms with Crippen molar-refractivity contribution in [3.63, 3.8) is 0 Å². The normalized spacial score (nSPS) is 19.7. The molecule has 0 saturated carbocycles. The third kappa shape index (κ3) is 4.47. The number of thiazole rings is 1. The van der Waals surface area contributed by atoms with Crippen molar-refractivity contribution in [2.24, 2.45) is 11.8 Å². The van der Waals surface area contributed by atoms with Crippen molar-refractivity contribution in [2.75, 3.05) is 19.7 Å². The number of likely N-dealkylation sites (tertiary alicyclic amines) is 1. The number of piperidine rings is 1. The number of aromatic nitrogens is 1. The van der Waals surface area contributed by atoms with Gasteiger partial charge in [0.15, 0.2) is 0 Å². The van der Waals surface area contributed by atoms with Crippen molar-refractivity contribution in [1.82, 2.24) is 9.88 Å². The van der Waals surface area contributed by atoms with Gasteiger partial charge in [-0.2, -0.15) is 0 Å². The van der Waals surface area contributed by atoms with Crippen LogP contribution in [0, 0.1) is 11.8 Å². The van der Waals surface area contributed by atoms with Gasteiger partial charge in [0, 0.05) is 24.0 Å². The minimum atomic E-state index is -0.781. The van der Waals surface area contributed by atoms with Crippen molar-refractivity contribution < 1.29 is 19.4 Å². The van der Waals surface area contributed by atoms with Crippen LogP contribution in [0.4, 0.5) is 0 Å². The van der Waals surface area contributed by atoms with Gasteiger partial charge in [0.2, 0.25) is 0 Å². The molecule has 7 heteroatoms. The number of carbonyl (C=O) groups excluding carboxylic acids is 1. The Labute approximate surface area is 162 Å². The van der Waals surface area contributed by atoms with Crippen LogP contribution in [-0.4, -0.2) is 46.6 Å². The lowest BCUT2D eigenvalue weighted by Crippen LogP contribution is -2.45. The monoisotopic (exact) mass is 388 g/mol. The zero-order valence-electron chi connectivity index (χ0n) is 15.6. The van der Waals surface area contributed by atoms with E-state index >= 15 is 0 Å². The fourth-order valence-corrected chi connectivity index (χ4v) is 4.08. The molecule has 144 valence electrons. The van der Waals surface area contributed by atoms with Crippen molar-refractivity contribution in [3.05, 3.63) is 35.3 Å². The molecule has 2 heterocycles. The smallest absolute Gasteiger partial charge is 0.306 e. The van der Waals surface area contributed by atoms with Crippen LogP contribution in [0.2, 0.25) is 0 Å². The molecule has 2 atom stereocenters. The average Bonchev–Trinajstić information content (AvgIpc) is 3.16. The van der Waals surface area contributed by atoms with E-state index < -0.39 is 5.97 Å². The first-order valence-corrected chi connectivity index (χ1v) is 10.1. The van der Waals surface area contributed by atoms with Gasteiger partial charge < -0.3 is 14.7 Å². The maximum Gasteiger partial charge on any atom is 0.306 e. The first-order valence-electron chi connectivity index (χ1n) is 9.20. The summed E-state index contributed by atoms with van der Waals surface area (Å²) in [6.45, 7) is 5.54. The van der Waals surface area contributed by atoms with Gasteiger partial charge in [-0.15, -0.1) is 11.3 Å². The highest BCUT2D eigenvalue weighted by atomic mass is 32.1. The quantitative estimate of drug-likeness (QED) is 0.815.